The van der Waals surface area contributed by atoms with E-state index >= 15 is 0 Å². The van der Waals surface area contributed by atoms with E-state index < -0.39 is 13.1 Å². The van der Waals surface area contributed by atoms with Gasteiger partial charge in [-0.05, 0) is 24.5 Å². The van der Waals surface area contributed by atoms with Gasteiger partial charge >= 0.3 is 13.1 Å². The Labute approximate surface area is 129 Å². The standard InChI is InChI=1S/C15H19BO6/c1-3-4-11(17)8-10-7-9-5-6-12(21-2)13(15(18)19)14(9)22-16(10)20/h5-6,10,20H,3-4,7-8H2,1-2H3,(H,18,19)/t10-/m1/s1. The molecule has 0 saturated heterocycles. The fraction of sp³-hybridized carbons (Fsp3) is 0.467. The second-order valence-electron chi connectivity index (χ2n) is 5.40. The number of benzene rings is 1. The lowest BCUT2D eigenvalue weighted by atomic mass is 9.64. The smallest absolute Gasteiger partial charge is 0.526 e. The lowest BCUT2D eigenvalue weighted by Gasteiger charge is -2.28. The molecule has 0 aliphatic carbocycles. The number of carboxylic acids is 1. The van der Waals surface area contributed by atoms with Crippen molar-refractivity contribution in [2.24, 2.45) is 0 Å². The summed E-state index contributed by atoms with van der Waals surface area (Å²) in [5.41, 5.74) is 0.565. The number of ketones is 1. The zero-order chi connectivity index (χ0) is 16.3. The summed E-state index contributed by atoms with van der Waals surface area (Å²) in [6, 6.07) is 3.28. The van der Waals surface area contributed by atoms with Gasteiger partial charge in [-0.25, -0.2) is 4.79 Å². The summed E-state index contributed by atoms with van der Waals surface area (Å²) in [6.07, 6.45) is 1.86. The third-order valence-electron chi connectivity index (χ3n) is 3.78. The van der Waals surface area contributed by atoms with Crippen molar-refractivity contribution in [3.05, 3.63) is 23.3 Å². The van der Waals surface area contributed by atoms with Gasteiger partial charge in [0.05, 0.1) is 7.11 Å². The van der Waals surface area contributed by atoms with E-state index in [0.29, 0.717) is 18.4 Å². The van der Waals surface area contributed by atoms with Crippen LogP contribution in [0.5, 0.6) is 11.5 Å². The SMILES string of the molecule is CCCC(=O)C[C@H]1Cc2ccc(OC)c(C(=O)O)c2OB1O. The largest absolute Gasteiger partial charge is 0.535 e. The van der Waals surface area contributed by atoms with Crippen molar-refractivity contribution in [2.45, 2.75) is 38.4 Å². The Bertz CT molecular complexity index is 586. The number of carboxylic acid groups (broad SMARTS) is 1. The number of hydrogen-bond acceptors (Lipinski definition) is 5. The molecule has 0 spiro atoms. The fourth-order valence-corrected chi connectivity index (χ4v) is 2.72. The van der Waals surface area contributed by atoms with Crippen molar-refractivity contribution < 1.29 is 29.1 Å². The first kappa shape index (κ1) is 16.4. The van der Waals surface area contributed by atoms with Crippen molar-refractivity contribution in [3.63, 3.8) is 0 Å². The molecule has 2 N–H and O–H groups in total. The first-order valence-electron chi connectivity index (χ1n) is 7.27. The number of rotatable bonds is 6. The summed E-state index contributed by atoms with van der Waals surface area (Å²) in [4.78, 5) is 23.2. The van der Waals surface area contributed by atoms with Gasteiger partial charge in [0.1, 0.15) is 22.8 Å². The predicted molar refractivity (Wildman–Crippen MR) is 80.5 cm³/mol. The van der Waals surface area contributed by atoms with Crippen LogP contribution < -0.4 is 9.39 Å². The van der Waals surface area contributed by atoms with Gasteiger partial charge in [0.25, 0.3) is 0 Å². The molecule has 0 bridgehead atoms. The second-order valence-corrected chi connectivity index (χ2v) is 5.40. The average Bonchev–Trinajstić information content (AvgIpc) is 2.46. The molecule has 0 saturated carbocycles. The van der Waals surface area contributed by atoms with E-state index in [1.807, 2.05) is 6.92 Å². The number of fused-ring (bicyclic) bond motifs is 1. The number of aromatic carboxylic acids is 1. The molecule has 7 heteroatoms. The molecule has 1 aromatic carbocycles. The van der Waals surface area contributed by atoms with Crippen LogP contribution in [0.25, 0.3) is 0 Å². The van der Waals surface area contributed by atoms with Crippen LogP contribution in [0, 0.1) is 0 Å². The molecule has 1 atom stereocenters. The molecule has 0 unspecified atom stereocenters. The molecule has 1 heterocycles. The van der Waals surface area contributed by atoms with E-state index in [4.69, 9.17) is 9.39 Å². The molecule has 22 heavy (non-hydrogen) atoms. The van der Waals surface area contributed by atoms with Crippen LogP contribution in [0.3, 0.4) is 0 Å². The van der Waals surface area contributed by atoms with Crippen LogP contribution in [0.2, 0.25) is 5.82 Å². The van der Waals surface area contributed by atoms with Crippen LogP contribution in [0.1, 0.15) is 42.1 Å². The molecule has 6 nitrogen and oxygen atoms in total. The quantitative estimate of drug-likeness (QED) is 0.780. The third kappa shape index (κ3) is 3.25. The van der Waals surface area contributed by atoms with Crippen LogP contribution in [-0.2, 0) is 11.2 Å². The highest BCUT2D eigenvalue weighted by atomic mass is 16.5. The molecule has 1 aliphatic rings. The van der Waals surface area contributed by atoms with E-state index in [1.54, 1.807) is 12.1 Å². The molecule has 1 aromatic rings. The third-order valence-corrected chi connectivity index (χ3v) is 3.78. The molecule has 0 radical (unpaired) electrons. The van der Waals surface area contributed by atoms with Crippen LogP contribution >= 0.6 is 0 Å². The molecule has 0 fully saturated rings. The zero-order valence-corrected chi connectivity index (χ0v) is 12.7. The Kier molecular flexibility index (Phi) is 5.08. The van der Waals surface area contributed by atoms with Crippen molar-refractivity contribution in [1.82, 2.24) is 0 Å². The van der Waals surface area contributed by atoms with E-state index in [2.05, 4.69) is 0 Å². The molecule has 118 valence electrons. The summed E-state index contributed by atoms with van der Waals surface area (Å²) in [6.45, 7) is 1.92. The summed E-state index contributed by atoms with van der Waals surface area (Å²) >= 11 is 0. The first-order valence-corrected chi connectivity index (χ1v) is 7.27. The highest BCUT2D eigenvalue weighted by Crippen LogP contribution is 2.40. The van der Waals surface area contributed by atoms with Crippen LogP contribution in [0.4, 0.5) is 0 Å². The molecule has 2 rings (SSSR count). The minimum atomic E-state index is -1.20. The number of methoxy groups -OCH3 is 1. The predicted octanol–water partition coefficient (Wildman–Crippen LogP) is 1.94. The number of carbonyl (C=O) groups excluding carboxylic acids is 1. The molecule has 1 aliphatic heterocycles. The minimum absolute atomic E-state index is 0.0746. The monoisotopic (exact) mass is 306 g/mol. The lowest BCUT2D eigenvalue weighted by Crippen LogP contribution is -2.35. The summed E-state index contributed by atoms with van der Waals surface area (Å²) in [5.74, 6) is -1.16. The summed E-state index contributed by atoms with van der Waals surface area (Å²) < 4.78 is 10.4. The summed E-state index contributed by atoms with van der Waals surface area (Å²) in [5, 5.41) is 19.4. The topological polar surface area (TPSA) is 93.1 Å². The van der Waals surface area contributed by atoms with Crippen molar-refractivity contribution in [2.75, 3.05) is 7.11 Å². The Hall–Kier alpha value is -2.02. The Balaban J connectivity index is 2.29. The minimum Gasteiger partial charge on any atom is -0.535 e. The zero-order valence-electron chi connectivity index (χ0n) is 12.7. The van der Waals surface area contributed by atoms with Crippen LogP contribution in [-0.4, -0.2) is 36.1 Å². The van der Waals surface area contributed by atoms with Gasteiger partial charge in [0, 0.05) is 18.7 Å². The fourth-order valence-electron chi connectivity index (χ4n) is 2.72. The Morgan fingerprint density at radius 3 is 2.77 bits per heavy atom. The van der Waals surface area contributed by atoms with Crippen LogP contribution in [0.15, 0.2) is 12.1 Å². The highest BCUT2D eigenvalue weighted by molar-refractivity contribution is 6.47. The van der Waals surface area contributed by atoms with E-state index in [-0.39, 0.29) is 35.1 Å². The average molecular weight is 306 g/mol. The lowest BCUT2D eigenvalue weighted by molar-refractivity contribution is -0.119. The van der Waals surface area contributed by atoms with Gasteiger partial charge in [-0.2, -0.15) is 0 Å². The van der Waals surface area contributed by atoms with Gasteiger partial charge in [-0.3, -0.25) is 4.79 Å². The maximum Gasteiger partial charge on any atom is 0.526 e. The maximum absolute atomic E-state index is 11.8. The van der Waals surface area contributed by atoms with Crippen molar-refractivity contribution in [1.29, 1.82) is 0 Å². The van der Waals surface area contributed by atoms with Crippen molar-refractivity contribution >= 4 is 18.9 Å². The second kappa shape index (κ2) is 6.83. The number of Topliss-reactive ketones (excluding diaryl/α,β-unsaturated/α-hetero) is 1. The van der Waals surface area contributed by atoms with E-state index in [1.165, 1.54) is 7.11 Å². The highest BCUT2D eigenvalue weighted by Gasteiger charge is 2.38. The number of carbonyl (C=O) groups is 2. The summed E-state index contributed by atoms with van der Waals surface area (Å²) in [7, 11) is 0.179. The first-order chi connectivity index (χ1) is 10.5. The van der Waals surface area contributed by atoms with Gasteiger partial charge < -0.3 is 19.5 Å². The Morgan fingerprint density at radius 2 is 2.18 bits per heavy atom. The van der Waals surface area contributed by atoms with Gasteiger partial charge in [-0.1, -0.05) is 13.0 Å². The van der Waals surface area contributed by atoms with Gasteiger partial charge in [0.2, 0.25) is 0 Å². The molecule has 0 aromatic heterocycles. The van der Waals surface area contributed by atoms with Crippen molar-refractivity contribution in [3.8, 4) is 11.5 Å². The maximum atomic E-state index is 11.8. The van der Waals surface area contributed by atoms with Gasteiger partial charge in [0.15, 0.2) is 0 Å². The Morgan fingerprint density at radius 1 is 1.45 bits per heavy atom. The molecular formula is C15H19BO6. The van der Waals surface area contributed by atoms with E-state index in [0.717, 1.165) is 6.42 Å². The molecular weight excluding hydrogens is 287 g/mol. The number of hydrogen-bond donors (Lipinski definition) is 2. The number of ether oxygens (including phenoxy) is 1. The normalized spacial score (nSPS) is 16.7. The van der Waals surface area contributed by atoms with Gasteiger partial charge in [-0.15, -0.1) is 0 Å². The molecule has 0 amide bonds. The van der Waals surface area contributed by atoms with E-state index in [9.17, 15) is 19.7 Å².